The van der Waals surface area contributed by atoms with Crippen molar-refractivity contribution in [3.05, 3.63) is 12.1 Å². The molecule has 1 aromatic rings. The Morgan fingerprint density at radius 3 is 2.53 bits per heavy atom. The van der Waals surface area contributed by atoms with Crippen molar-refractivity contribution in [3.63, 3.8) is 0 Å². The highest BCUT2D eigenvalue weighted by atomic mass is 32.2. The van der Waals surface area contributed by atoms with Gasteiger partial charge in [0, 0.05) is 18.8 Å². The highest BCUT2D eigenvalue weighted by Crippen LogP contribution is 2.32. The van der Waals surface area contributed by atoms with Crippen LogP contribution in [0.1, 0.15) is 0 Å². The van der Waals surface area contributed by atoms with Crippen molar-refractivity contribution in [3.8, 4) is 5.75 Å². The predicted molar refractivity (Wildman–Crippen MR) is 68.4 cm³/mol. The van der Waals surface area contributed by atoms with Crippen LogP contribution in [0.25, 0.3) is 0 Å². The van der Waals surface area contributed by atoms with Gasteiger partial charge < -0.3 is 27.2 Å². The van der Waals surface area contributed by atoms with Crippen molar-refractivity contribution in [1.82, 2.24) is 5.32 Å². The van der Waals surface area contributed by atoms with E-state index >= 15 is 0 Å². The molecule has 9 nitrogen and oxygen atoms in total. The van der Waals surface area contributed by atoms with Crippen LogP contribution in [-0.2, 0) is 10.1 Å². The molecule has 0 aliphatic carbocycles. The van der Waals surface area contributed by atoms with Crippen LogP contribution in [0.2, 0.25) is 0 Å². The smallest absolute Gasteiger partial charge is 0.319 e. The third kappa shape index (κ3) is 3.98. The Morgan fingerprint density at radius 2 is 2.00 bits per heavy atom. The van der Waals surface area contributed by atoms with Crippen molar-refractivity contribution < 1.29 is 22.9 Å². The monoisotopic (exact) mass is 290 g/mol. The van der Waals surface area contributed by atoms with Crippen LogP contribution < -0.4 is 22.1 Å². The molecule has 106 valence electrons. The lowest BCUT2D eigenvalue weighted by molar-refractivity contribution is 0.252. The predicted octanol–water partition coefficient (Wildman–Crippen LogP) is -0.699. The summed E-state index contributed by atoms with van der Waals surface area (Å²) < 4.78 is 30.9. The van der Waals surface area contributed by atoms with Gasteiger partial charge in [0.2, 0.25) is 0 Å². The molecule has 1 aromatic carbocycles. The maximum Gasteiger partial charge on any atom is 0.319 e. The maximum absolute atomic E-state index is 11.3. The Kier molecular flexibility index (Phi) is 4.53. The molecule has 0 unspecified atom stereocenters. The minimum Gasteiger partial charge on any atom is -0.504 e. The van der Waals surface area contributed by atoms with E-state index in [4.69, 9.17) is 16.0 Å². The molecule has 0 radical (unpaired) electrons. The SMILES string of the molecule is NCCNC(=O)Nc1cc(N)c(O)c(S(=O)(=O)O)c1. The van der Waals surface area contributed by atoms with Gasteiger partial charge in [-0.3, -0.25) is 4.55 Å². The highest BCUT2D eigenvalue weighted by molar-refractivity contribution is 7.86. The normalized spacial score (nSPS) is 11.1. The van der Waals surface area contributed by atoms with Gasteiger partial charge in [0.1, 0.15) is 4.90 Å². The number of carbonyl (C=O) groups is 1. The number of nitrogens with two attached hydrogens (primary N) is 2. The standard InChI is InChI=1S/C9H14N4O5S/c10-1-2-12-9(15)13-5-3-6(11)8(14)7(4-5)19(16,17)18/h3-4,14H,1-2,10-11H2,(H2,12,13,15)(H,16,17,18). The number of benzene rings is 1. The van der Waals surface area contributed by atoms with E-state index in [1.54, 1.807) is 0 Å². The van der Waals surface area contributed by atoms with Crippen LogP contribution in [0, 0.1) is 0 Å². The van der Waals surface area contributed by atoms with Crippen LogP contribution in [0.3, 0.4) is 0 Å². The minimum atomic E-state index is -4.65. The molecule has 0 fully saturated rings. The van der Waals surface area contributed by atoms with Gasteiger partial charge in [0.15, 0.2) is 5.75 Å². The van der Waals surface area contributed by atoms with Crippen molar-refractivity contribution in [2.24, 2.45) is 5.73 Å². The van der Waals surface area contributed by atoms with Gasteiger partial charge in [-0.15, -0.1) is 0 Å². The summed E-state index contributed by atoms with van der Waals surface area (Å²) in [6.45, 7) is 0.464. The molecule has 0 heterocycles. The summed E-state index contributed by atoms with van der Waals surface area (Å²) in [6, 6.07) is 1.39. The fraction of sp³-hybridized carbons (Fsp3) is 0.222. The van der Waals surface area contributed by atoms with E-state index in [1.165, 1.54) is 0 Å². The maximum atomic E-state index is 11.3. The number of hydrogen-bond acceptors (Lipinski definition) is 6. The largest absolute Gasteiger partial charge is 0.504 e. The Labute approximate surface area is 109 Å². The molecule has 1 rings (SSSR count). The van der Waals surface area contributed by atoms with Gasteiger partial charge in [0.05, 0.1) is 5.69 Å². The quantitative estimate of drug-likeness (QED) is 0.184. The molecule has 8 N–H and O–H groups in total. The van der Waals surface area contributed by atoms with Gasteiger partial charge in [-0.05, 0) is 12.1 Å². The van der Waals surface area contributed by atoms with Crippen LogP contribution in [-0.4, -0.2) is 37.2 Å². The van der Waals surface area contributed by atoms with Crippen molar-refractivity contribution in [2.75, 3.05) is 24.1 Å². The molecular weight excluding hydrogens is 276 g/mol. The fourth-order valence-electron chi connectivity index (χ4n) is 1.26. The lowest BCUT2D eigenvalue weighted by Crippen LogP contribution is -2.32. The number of nitrogen functional groups attached to an aromatic ring is 1. The second kappa shape index (κ2) is 5.73. The van der Waals surface area contributed by atoms with Gasteiger partial charge >= 0.3 is 6.03 Å². The Balaban J connectivity index is 3.05. The summed E-state index contributed by atoms with van der Waals surface area (Å²) >= 11 is 0. The minimum absolute atomic E-state index is 0.00236. The average molecular weight is 290 g/mol. The molecule has 0 saturated carbocycles. The number of phenols is 1. The highest BCUT2D eigenvalue weighted by Gasteiger charge is 2.19. The van der Waals surface area contributed by atoms with Crippen molar-refractivity contribution >= 4 is 27.5 Å². The van der Waals surface area contributed by atoms with Crippen molar-refractivity contribution in [1.29, 1.82) is 0 Å². The first-order valence-corrected chi connectivity index (χ1v) is 6.54. The second-order valence-electron chi connectivity index (χ2n) is 3.56. The zero-order chi connectivity index (χ0) is 14.6. The summed E-state index contributed by atoms with van der Waals surface area (Å²) in [6.07, 6.45) is 0. The van der Waals surface area contributed by atoms with Gasteiger partial charge in [-0.1, -0.05) is 0 Å². The molecule has 2 amide bonds. The van der Waals surface area contributed by atoms with E-state index in [9.17, 15) is 18.3 Å². The molecule has 0 saturated heterocycles. The van der Waals surface area contributed by atoms with E-state index in [-0.39, 0.29) is 24.5 Å². The van der Waals surface area contributed by atoms with Crippen LogP contribution in [0.15, 0.2) is 17.0 Å². The van der Waals surface area contributed by atoms with E-state index < -0.39 is 26.8 Å². The van der Waals surface area contributed by atoms with E-state index in [1.807, 2.05) is 0 Å². The molecular formula is C9H14N4O5S. The third-order valence-electron chi connectivity index (χ3n) is 2.07. The second-order valence-corrected chi connectivity index (χ2v) is 4.95. The molecule has 0 aromatic heterocycles. The topological polar surface area (TPSA) is 168 Å². The Hall–Kier alpha value is -2.04. The average Bonchev–Trinajstić information content (AvgIpc) is 2.29. The Bertz CT molecular complexity index is 587. The molecule has 0 atom stereocenters. The number of nitrogens with one attached hydrogen (secondary N) is 2. The lowest BCUT2D eigenvalue weighted by atomic mass is 10.2. The number of rotatable bonds is 4. The first kappa shape index (κ1) is 15.0. The summed E-state index contributed by atoms with van der Waals surface area (Å²) in [5, 5.41) is 14.1. The number of amides is 2. The Morgan fingerprint density at radius 1 is 1.37 bits per heavy atom. The molecule has 0 bridgehead atoms. The van der Waals surface area contributed by atoms with E-state index in [0.29, 0.717) is 0 Å². The molecule has 0 aliphatic rings. The summed E-state index contributed by atoms with van der Waals surface area (Å²) in [5.41, 5.74) is 10.3. The van der Waals surface area contributed by atoms with Gasteiger partial charge in [-0.2, -0.15) is 8.42 Å². The molecule has 0 spiro atoms. The number of aromatic hydroxyl groups is 1. The van der Waals surface area contributed by atoms with Crippen LogP contribution in [0.5, 0.6) is 5.75 Å². The number of hydrogen-bond donors (Lipinski definition) is 6. The lowest BCUT2D eigenvalue weighted by Gasteiger charge is -2.10. The zero-order valence-electron chi connectivity index (χ0n) is 9.75. The molecule has 19 heavy (non-hydrogen) atoms. The zero-order valence-corrected chi connectivity index (χ0v) is 10.6. The number of phenolic OH excluding ortho intramolecular Hbond substituents is 1. The number of anilines is 2. The summed E-state index contributed by atoms with van der Waals surface area (Å²) in [4.78, 5) is 10.5. The first-order chi connectivity index (χ1) is 8.75. The summed E-state index contributed by atoms with van der Waals surface area (Å²) in [7, 11) is -4.65. The van der Waals surface area contributed by atoms with E-state index in [2.05, 4.69) is 10.6 Å². The fourth-order valence-corrected chi connectivity index (χ4v) is 1.90. The van der Waals surface area contributed by atoms with E-state index in [0.717, 1.165) is 12.1 Å². The number of urea groups is 1. The first-order valence-electron chi connectivity index (χ1n) is 5.10. The molecule has 10 heteroatoms. The van der Waals surface area contributed by atoms with Gasteiger partial charge in [-0.25, -0.2) is 4.79 Å². The number of carbonyl (C=O) groups excluding carboxylic acids is 1. The van der Waals surface area contributed by atoms with Crippen LogP contribution in [0.4, 0.5) is 16.2 Å². The van der Waals surface area contributed by atoms with Crippen LogP contribution >= 0.6 is 0 Å². The summed E-state index contributed by atoms with van der Waals surface area (Å²) in [5.74, 6) is -0.782. The molecule has 0 aliphatic heterocycles. The van der Waals surface area contributed by atoms with Crippen molar-refractivity contribution in [2.45, 2.75) is 4.90 Å². The third-order valence-corrected chi connectivity index (χ3v) is 2.94. The van der Waals surface area contributed by atoms with Gasteiger partial charge in [0.25, 0.3) is 10.1 Å².